The van der Waals surface area contributed by atoms with E-state index < -0.39 is 36.1 Å². The van der Waals surface area contributed by atoms with Gasteiger partial charge in [0.15, 0.2) is 0 Å². The van der Waals surface area contributed by atoms with Gasteiger partial charge >= 0.3 is 18.3 Å². The van der Waals surface area contributed by atoms with Gasteiger partial charge in [0.25, 0.3) is 0 Å². The first-order valence-corrected chi connectivity index (χ1v) is 5.33. The smallest absolute Gasteiger partial charge is 0.471 e. The number of carbonyl (C=O) groups excluding carboxylic acids is 1. The van der Waals surface area contributed by atoms with Crippen LogP contribution in [-0.2, 0) is 11.0 Å². The van der Waals surface area contributed by atoms with Gasteiger partial charge in [-0.1, -0.05) is 0 Å². The van der Waals surface area contributed by atoms with Crippen molar-refractivity contribution in [1.82, 2.24) is 0 Å². The molecule has 1 heterocycles. The van der Waals surface area contributed by atoms with E-state index in [1.54, 1.807) is 0 Å². The number of halogens is 6. The number of hydrogen-bond donors (Lipinski definition) is 0. The van der Waals surface area contributed by atoms with Crippen molar-refractivity contribution in [1.29, 1.82) is 0 Å². The molecule has 9 heteroatoms. The predicted molar refractivity (Wildman–Crippen MR) is 55.3 cm³/mol. The van der Waals surface area contributed by atoms with Gasteiger partial charge in [-0.2, -0.15) is 26.3 Å². The molecule has 110 valence electrons. The van der Waals surface area contributed by atoms with E-state index >= 15 is 0 Å². The third-order valence-corrected chi connectivity index (χ3v) is 2.64. The summed E-state index contributed by atoms with van der Waals surface area (Å²) < 4.78 is 79.8. The van der Waals surface area contributed by atoms with Crippen LogP contribution in [0.5, 0.6) is 5.75 Å². The molecule has 0 fully saturated rings. The minimum Gasteiger partial charge on any atom is -0.490 e. The molecule has 1 aliphatic rings. The summed E-state index contributed by atoms with van der Waals surface area (Å²) >= 11 is 0. The largest absolute Gasteiger partial charge is 0.490 e. The van der Waals surface area contributed by atoms with Crippen LogP contribution in [0.15, 0.2) is 18.2 Å². The van der Waals surface area contributed by atoms with E-state index in [4.69, 9.17) is 4.74 Å². The van der Waals surface area contributed by atoms with Gasteiger partial charge in [0.05, 0.1) is 17.8 Å². The molecule has 1 aromatic carbocycles. The van der Waals surface area contributed by atoms with Crippen LogP contribution < -0.4 is 9.64 Å². The lowest BCUT2D eigenvalue weighted by Crippen LogP contribution is -2.45. The zero-order valence-electron chi connectivity index (χ0n) is 9.68. The molecule has 0 bridgehead atoms. The molecule has 20 heavy (non-hydrogen) atoms. The Morgan fingerprint density at radius 2 is 1.80 bits per heavy atom. The molecular weight excluding hydrogens is 292 g/mol. The molecule has 0 unspecified atom stereocenters. The van der Waals surface area contributed by atoms with Crippen LogP contribution in [0.2, 0.25) is 0 Å². The standard InChI is InChI=1S/C11H7F6NO2/c12-10(13,14)6-1-2-8-7(5-6)18(3-4-20-8)9(19)11(15,16)17/h1-2,5H,3-4H2. The van der Waals surface area contributed by atoms with E-state index in [2.05, 4.69) is 0 Å². The Morgan fingerprint density at radius 3 is 2.35 bits per heavy atom. The molecule has 1 aliphatic heterocycles. The Labute approximate surface area is 108 Å². The lowest BCUT2D eigenvalue weighted by Gasteiger charge is -2.30. The van der Waals surface area contributed by atoms with Crippen LogP contribution in [-0.4, -0.2) is 25.2 Å². The van der Waals surface area contributed by atoms with Crippen LogP contribution in [0.4, 0.5) is 32.0 Å². The van der Waals surface area contributed by atoms with Crippen LogP contribution in [0.3, 0.4) is 0 Å². The highest BCUT2D eigenvalue weighted by Crippen LogP contribution is 2.39. The molecule has 0 saturated carbocycles. The summed E-state index contributed by atoms with van der Waals surface area (Å²) in [5, 5.41) is 0. The van der Waals surface area contributed by atoms with Crippen LogP contribution in [0.1, 0.15) is 5.56 Å². The number of anilines is 1. The van der Waals surface area contributed by atoms with E-state index in [1.807, 2.05) is 0 Å². The molecule has 3 nitrogen and oxygen atoms in total. The second kappa shape index (κ2) is 4.57. The Hall–Kier alpha value is -1.93. The van der Waals surface area contributed by atoms with Crippen LogP contribution in [0, 0.1) is 0 Å². The molecular formula is C11H7F6NO2. The normalized spacial score (nSPS) is 15.6. The SMILES string of the molecule is O=C(N1CCOc2ccc(C(F)(F)F)cc21)C(F)(F)F. The fourth-order valence-corrected chi connectivity index (χ4v) is 1.76. The average molecular weight is 299 g/mol. The summed E-state index contributed by atoms with van der Waals surface area (Å²) in [6, 6.07) is 2.05. The minimum atomic E-state index is -5.16. The molecule has 0 aliphatic carbocycles. The summed E-state index contributed by atoms with van der Waals surface area (Å²) in [7, 11) is 0. The first-order valence-electron chi connectivity index (χ1n) is 5.33. The fourth-order valence-electron chi connectivity index (χ4n) is 1.76. The minimum absolute atomic E-state index is 0.193. The summed E-state index contributed by atoms with van der Waals surface area (Å²) in [6.07, 6.45) is -9.89. The Balaban J connectivity index is 2.46. The molecule has 0 spiro atoms. The monoisotopic (exact) mass is 299 g/mol. The number of ether oxygens (including phenoxy) is 1. The summed E-state index contributed by atoms with van der Waals surface area (Å²) in [4.78, 5) is 11.5. The van der Waals surface area contributed by atoms with E-state index in [1.165, 1.54) is 0 Å². The molecule has 0 N–H and O–H groups in total. The highest BCUT2D eigenvalue weighted by atomic mass is 19.4. The summed E-state index contributed by atoms with van der Waals surface area (Å²) in [5.74, 6) is -2.41. The molecule has 1 aromatic rings. The van der Waals surface area contributed by atoms with Gasteiger partial charge in [-0.25, -0.2) is 0 Å². The maximum absolute atomic E-state index is 12.6. The van der Waals surface area contributed by atoms with Gasteiger partial charge in [0.2, 0.25) is 0 Å². The van der Waals surface area contributed by atoms with Gasteiger partial charge in [0.1, 0.15) is 12.4 Å². The second-order valence-electron chi connectivity index (χ2n) is 3.98. The number of amides is 1. The third kappa shape index (κ3) is 2.66. The highest BCUT2D eigenvalue weighted by Gasteiger charge is 2.45. The number of fused-ring (bicyclic) bond motifs is 1. The van der Waals surface area contributed by atoms with Crippen molar-refractivity contribution in [2.45, 2.75) is 12.4 Å². The van der Waals surface area contributed by atoms with E-state index in [0.29, 0.717) is 12.1 Å². The van der Waals surface area contributed by atoms with Crippen molar-refractivity contribution in [3.63, 3.8) is 0 Å². The number of hydrogen-bond acceptors (Lipinski definition) is 2. The van der Waals surface area contributed by atoms with E-state index in [0.717, 1.165) is 6.07 Å². The molecule has 0 aromatic heterocycles. The number of alkyl halides is 6. The topological polar surface area (TPSA) is 29.5 Å². The third-order valence-electron chi connectivity index (χ3n) is 2.64. The molecule has 0 radical (unpaired) electrons. The predicted octanol–water partition coefficient (Wildman–Crippen LogP) is 2.99. The lowest BCUT2D eigenvalue weighted by atomic mass is 10.1. The lowest BCUT2D eigenvalue weighted by molar-refractivity contribution is -0.170. The number of carbonyl (C=O) groups is 1. The maximum atomic E-state index is 12.6. The summed E-state index contributed by atoms with van der Waals surface area (Å²) in [6.45, 7) is -0.688. The van der Waals surface area contributed by atoms with Gasteiger partial charge in [0, 0.05) is 0 Å². The van der Waals surface area contributed by atoms with Crippen LogP contribution in [0.25, 0.3) is 0 Å². The summed E-state index contributed by atoms with van der Waals surface area (Å²) in [5.41, 5.74) is -1.69. The number of nitrogens with zero attached hydrogens (tertiary/aromatic N) is 1. The van der Waals surface area contributed by atoms with E-state index in [9.17, 15) is 31.1 Å². The Bertz CT molecular complexity index is 537. The highest BCUT2D eigenvalue weighted by molar-refractivity contribution is 5.99. The second-order valence-corrected chi connectivity index (χ2v) is 3.98. The van der Waals surface area contributed by atoms with Crippen molar-refractivity contribution in [3.05, 3.63) is 23.8 Å². The van der Waals surface area contributed by atoms with Crippen molar-refractivity contribution >= 4 is 11.6 Å². The zero-order valence-corrected chi connectivity index (χ0v) is 9.68. The molecule has 0 saturated heterocycles. The van der Waals surface area contributed by atoms with E-state index in [-0.39, 0.29) is 17.3 Å². The molecule has 2 rings (SSSR count). The quantitative estimate of drug-likeness (QED) is 0.689. The van der Waals surface area contributed by atoms with Gasteiger partial charge < -0.3 is 4.74 Å². The van der Waals surface area contributed by atoms with Crippen molar-refractivity contribution < 1.29 is 35.9 Å². The first kappa shape index (κ1) is 14.5. The Morgan fingerprint density at radius 1 is 1.15 bits per heavy atom. The van der Waals surface area contributed by atoms with Crippen molar-refractivity contribution in [2.75, 3.05) is 18.1 Å². The number of benzene rings is 1. The van der Waals surface area contributed by atoms with Crippen LogP contribution >= 0.6 is 0 Å². The zero-order chi connectivity index (χ0) is 15.1. The van der Waals surface area contributed by atoms with Gasteiger partial charge in [-0.15, -0.1) is 0 Å². The van der Waals surface area contributed by atoms with Crippen molar-refractivity contribution in [2.24, 2.45) is 0 Å². The maximum Gasteiger partial charge on any atom is 0.471 e. The molecule has 0 atom stereocenters. The van der Waals surface area contributed by atoms with Gasteiger partial charge in [-0.3, -0.25) is 9.69 Å². The van der Waals surface area contributed by atoms with Gasteiger partial charge in [-0.05, 0) is 18.2 Å². The number of rotatable bonds is 0. The molecule has 1 amide bonds. The fraction of sp³-hybridized carbons (Fsp3) is 0.364. The van der Waals surface area contributed by atoms with Crippen molar-refractivity contribution in [3.8, 4) is 5.75 Å². The first-order chi connectivity index (χ1) is 9.10. The average Bonchev–Trinajstić information content (AvgIpc) is 2.34. The Kier molecular flexibility index (Phi) is 3.31.